The predicted molar refractivity (Wildman–Crippen MR) is 66.2 cm³/mol. The van der Waals surface area contributed by atoms with Crippen molar-refractivity contribution in [3.8, 4) is 0 Å². The van der Waals surface area contributed by atoms with Gasteiger partial charge in [-0.25, -0.2) is 9.97 Å². The standard InChI is InChI=1S/C13H20N2O/c1-5-7-11-8-12(10(3)4)15-13(14-11)9-16-6-2/h5,7-8,10H,6,9H2,1-4H3/b7-5-. The molecule has 0 N–H and O–H groups in total. The summed E-state index contributed by atoms with van der Waals surface area (Å²) in [5.74, 6) is 1.17. The zero-order chi connectivity index (χ0) is 12.0. The molecule has 0 atom stereocenters. The van der Waals surface area contributed by atoms with Gasteiger partial charge in [0.2, 0.25) is 0 Å². The SMILES string of the molecule is C/C=C\c1cc(C(C)C)nc(COCC)n1. The number of hydrogen-bond donors (Lipinski definition) is 0. The number of ether oxygens (including phenoxy) is 1. The van der Waals surface area contributed by atoms with Crippen molar-refractivity contribution < 1.29 is 4.74 Å². The molecule has 0 unspecified atom stereocenters. The van der Waals surface area contributed by atoms with Crippen molar-refractivity contribution in [1.82, 2.24) is 9.97 Å². The maximum atomic E-state index is 5.34. The molecule has 0 bridgehead atoms. The van der Waals surface area contributed by atoms with E-state index in [1.165, 1.54) is 0 Å². The Kier molecular flexibility index (Phi) is 5.12. The molecule has 0 saturated heterocycles. The van der Waals surface area contributed by atoms with Crippen molar-refractivity contribution in [2.45, 2.75) is 40.2 Å². The summed E-state index contributed by atoms with van der Waals surface area (Å²) in [6, 6.07) is 2.03. The average molecular weight is 220 g/mol. The first kappa shape index (κ1) is 12.8. The molecule has 0 aromatic carbocycles. The summed E-state index contributed by atoms with van der Waals surface area (Å²) >= 11 is 0. The quantitative estimate of drug-likeness (QED) is 0.764. The molecule has 16 heavy (non-hydrogen) atoms. The molecule has 0 fully saturated rings. The summed E-state index contributed by atoms with van der Waals surface area (Å²) in [6.07, 6.45) is 3.97. The molecule has 1 aromatic rings. The van der Waals surface area contributed by atoms with Crippen LogP contribution in [0, 0.1) is 0 Å². The largest absolute Gasteiger partial charge is 0.374 e. The van der Waals surface area contributed by atoms with Gasteiger partial charge < -0.3 is 4.74 Å². The Balaban J connectivity index is 2.98. The van der Waals surface area contributed by atoms with E-state index in [2.05, 4.69) is 23.8 Å². The summed E-state index contributed by atoms with van der Waals surface area (Å²) in [5, 5.41) is 0. The zero-order valence-electron chi connectivity index (χ0n) is 10.5. The molecule has 0 aliphatic rings. The third kappa shape index (κ3) is 3.74. The summed E-state index contributed by atoms with van der Waals surface area (Å²) in [4.78, 5) is 8.90. The van der Waals surface area contributed by atoms with Gasteiger partial charge in [-0.05, 0) is 31.9 Å². The molecule has 0 radical (unpaired) electrons. The smallest absolute Gasteiger partial charge is 0.154 e. The van der Waals surface area contributed by atoms with Crippen LogP contribution in [0.5, 0.6) is 0 Å². The second-order valence-electron chi connectivity index (χ2n) is 3.93. The van der Waals surface area contributed by atoms with Crippen molar-refractivity contribution >= 4 is 6.08 Å². The first-order valence-corrected chi connectivity index (χ1v) is 5.75. The summed E-state index contributed by atoms with van der Waals surface area (Å²) in [7, 11) is 0. The van der Waals surface area contributed by atoms with Crippen LogP contribution >= 0.6 is 0 Å². The van der Waals surface area contributed by atoms with Crippen LogP contribution in [0.15, 0.2) is 12.1 Å². The van der Waals surface area contributed by atoms with E-state index in [0.717, 1.165) is 17.2 Å². The highest BCUT2D eigenvalue weighted by molar-refractivity contribution is 5.44. The van der Waals surface area contributed by atoms with Crippen LogP contribution in [0.2, 0.25) is 0 Å². The summed E-state index contributed by atoms with van der Waals surface area (Å²) < 4.78 is 5.34. The van der Waals surface area contributed by atoms with Crippen molar-refractivity contribution in [2.24, 2.45) is 0 Å². The Morgan fingerprint density at radius 3 is 2.69 bits per heavy atom. The molecule has 0 aliphatic carbocycles. The van der Waals surface area contributed by atoms with Crippen LogP contribution in [0.3, 0.4) is 0 Å². The van der Waals surface area contributed by atoms with Crippen molar-refractivity contribution in [2.75, 3.05) is 6.61 Å². The minimum absolute atomic E-state index is 0.410. The molecular weight excluding hydrogens is 200 g/mol. The van der Waals surface area contributed by atoms with Gasteiger partial charge in [0.1, 0.15) is 6.61 Å². The van der Waals surface area contributed by atoms with Gasteiger partial charge in [0, 0.05) is 12.3 Å². The lowest BCUT2D eigenvalue weighted by Crippen LogP contribution is -2.04. The second kappa shape index (κ2) is 6.38. The fourth-order valence-corrected chi connectivity index (χ4v) is 1.35. The van der Waals surface area contributed by atoms with Crippen LogP contribution in [0.1, 0.15) is 50.8 Å². The molecule has 0 saturated carbocycles. The lowest BCUT2D eigenvalue weighted by atomic mass is 10.1. The number of hydrogen-bond acceptors (Lipinski definition) is 3. The van der Waals surface area contributed by atoms with Crippen LogP contribution in [-0.2, 0) is 11.3 Å². The van der Waals surface area contributed by atoms with Gasteiger partial charge in [-0.3, -0.25) is 0 Å². The minimum Gasteiger partial charge on any atom is -0.374 e. The third-order valence-electron chi connectivity index (χ3n) is 2.18. The maximum absolute atomic E-state index is 5.34. The van der Waals surface area contributed by atoms with Gasteiger partial charge in [-0.2, -0.15) is 0 Å². The van der Waals surface area contributed by atoms with E-state index in [1.54, 1.807) is 0 Å². The normalized spacial score (nSPS) is 11.6. The van der Waals surface area contributed by atoms with Gasteiger partial charge in [0.15, 0.2) is 5.82 Å². The summed E-state index contributed by atoms with van der Waals surface area (Å²) in [6.45, 7) is 9.40. The minimum atomic E-state index is 0.410. The lowest BCUT2D eigenvalue weighted by Gasteiger charge is -2.08. The first-order chi connectivity index (χ1) is 7.67. The molecule has 3 heteroatoms. The highest BCUT2D eigenvalue weighted by Crippen LogP contribution is 2.14. The number of rotatable bonds is 5. The second-order valence-corrected chi connectivity index (χ2v) is 3.93. The molecule has 0 spiro atoms. The van der Waals surface area contributed by atoms with E-state index in [0.29, 0.717) is 19.1 Å². The Labute approximate surface area is 97.6 Å². The van der Waals surface area contributed by atoms with Crippen molar-refractivity contribution in [1.29, 1.82) is 0 Å². The predicted octanol–water partition coefficient (Wildman–Crippen LogP) is 3.17. The average Bonchev–Trinajstić information content (AvgIpc) is 2.26. The van der Waals surface area contributed by atoms with E-state index in [1.807, 2.05) is 32.1 Å². The fraction of sp³-hybridized carbons (Fsp3) is 0.538. The number of nitrogens with zero attached hydrogens (tertiary/aromatic N) is 2. The van der Waals surface area contributed by atoms with Gasteiger partial charge in [0.05, 0.1) is 5.69 Å². The van der Waals surface area contributed by atoms with Gasteiger partial charge in [0.25, 0.3) is 0 Å². The fourth-order valence-electron chi connectivity index (χ4n) is 1.35. The van der Waals surface area contributed by atoms with E-state index >= 15 is 0 Å². The molecule has 1 aromatic heterocycles. The monoisotopic (exact) mass is 220 g/mol. The Morgan fingerprint density at radius 2 is 2.12 bits per heavy atom. The molecule has 1 heterocycles. The molecule has 1 rings (SSSR count). The highest BCUT2D eigenvalue weighted by atomic mass is 16.5. The molecular formula is C13H20N2O. The lowest BCUT2D eigenvalue weighted by molar-refractivity contribution is 0.128. The zero-order valence-corrected chi connectivity index (χ0v) is 10.5. The molecule has 0 amide bonds. The van der Waals surface area contributed by atoms with Gasteiger partial charge >= 0.3 is 0 Å². The van der Waals surface area contributed by atoms with Crippen molar-refractivity contribution in [3.63, 3.8) is 0 Å². The van der Waals surface area contributed by atoms with Crippen LogP contribution < -0.4 is 0 Å². The Morgan fingerprint density at radius 1 is 1.38 bits per heavy atom. The van der Waals surface area contributed by atoms with E-state index < -0.39 is 0 Å². The Hall–Kier alpha value is -1.22. The van der Waals surface area contributed by atoms with Crippen LogP contribution in [0.25, 0.3) is 6.08 Å². The first-order valence-electron chi connectivity index (χ1n) is 5.75. The van der Waals surface area contributed by atoms with E-state index in [4.69, 9.17) is 4.74 Å². The van der Waals surface area contributed by atoms with Crippen LogP contribution in [0.4, 0.5) is 0 Å². The molecule has 88 valence electrons. The third-order valence-corrected chi connectivity index (χ3v) is 2.18. The molecule has 3 nitrogen and oxygen atoms in total. The van der Waals surface area contributed by atoms with Crippen LogP contribution in [-0.4, -0.2) is 16.6 Å². The van der Waals surface area contributed by atoms with E-state index in [9.17, 15) is 0 Å². The Bertz CT molecular complexity index is 359. The highest BCUT2D eigenvalue weighted by Gasteiger charge is 2.06. The maximum Gasteiger partial charge on any atom is 0.154 e. The van der Waals surface area contributed by atoms with Gasteiger partial charge in [-0.1, -0.05) is 19.9 Å². The number of aromatic nitrogens is 2. The molecule has 0 aliphatic heterocycles. The number of allylic oxidation sites excluding steroid dienone is 1. The summed E-state index contributed by atoms with van der Waals surface area (Å²) in [5.41, 5.74) is 2.02. The van der Waals surface area contributed by atoms with Gasteiger partial charge in [-0.15, -0.1) is 0 Å². The van der Waals surface area contributed by atoms with E-state index in [-0.39, 0.29) is 0 Å². The van der Waals surface area contributed by atoms with Crippen molar-refractivity contribution in [3.05, 3.63) is 29.4 Å². The topological polar surface area (TPSA) is 35.0 Å².